The fraction of sp³-hybridized carbons (Fsp3) is 0.118. The lowest BCUT2D eigenvalue weighted by Gasteiger charge is -2.04. The quantitative estimate of drug-likeness (QED) is 0.481. The zero-order valence-electron chi connectivity index (χ0n) is 13.2. The number of methoxy groups -OCH3 is 1. The van der Waals surface area contributed by atoms with Crippen LogP contribution in [0.5, 0.6) is 11.5 Å². The van der Waals surface area contributed by atoms with Crippen molar-refractivity contribution < 1.29 is 14.3 Å². The van der Waals surface area contributed by atoms with Crippen molar-refractivity contribution in [3.63, 3.8) is 0 Å². The normalized spacial score (nSPS) is 10.9. The predicted octanol–water partition coefficient (Wildman–Crippen LogP) is 3.92. The summed E-state index contributed by atoms with van der Waals surface area (Å²) in [7, 11) is 1.62. The van der Waals surface area contributed by atoms with Gasteiger partial charge in [-0.25, -0.2) is 4.98 Å². The molecule has 0 amide bonds. The van der Waals surface area contributed by atoms with Gasteiger partial charge in [0.2, 0.25) is 4.96 Å². The van der Waals surface area contributed by atoms with Crippen LogP contribution in [0.25, 0.3) is 15.5 Å². The van der Waals surface area contributed by atoms with Gasteiger partial charge in [0.25, 0.3) is 0 Å². The summed E-state index contributed by atoms with van der Waals surface area (Å²) in [6.45, 7) is 0.312. The van der Waals surface area contributed by atoms with Crippen molar-refractivity contribution in [1.82, 2.24) is 14.6 Å². The van der Waals surface area contributed by atoms with Crippen LogP contribution in [0, 0.1) is 0 Å². The van der Waals surface area contributed by atoms with Crippen LogP contribution >= 0.6 is 22.7 Å². The van der Waals surface area contributed by atoms with Crippen LogP contribution in [0.3, 0.4) is 0 Å². The van der Waals surface area contributed by atoms with E-state index in [1.54, 1.807) is 23.0 Å². The monoisotopic (exact) mass is 371 g/mol. The zero-order chi connectivity index (χ0) is 17.2. The molecule has 126 valence electrons. The van der Waals surface area contributed by atoms with E-state index in [1.165, 1.54) is 11.3 Å². The van der Waals surface area contributed by atoms with E-state index in [9.17, 15) is 4.79 Å². The molecule has 4 aromatic rings. The Labute approximate surface area is 151 Å². The number of carbonyl (C=O) groups excluding carboxylic acids is 1. The molecule has 0 N–H and O–H groups in total. The number of aldehydes is 1. The Morgan fingerprint density at radius 2 is 2.00 bits per heavy atom. The van der Waals surface area contributed by atoms with Gasteiger partial charge in [0, 0.05) is 0 Å². The van der Waals surface area contributed by atoms with Gasteiger partial charge < -0.3 is 9.47 Å². The lowest BCUT2D eigenvalue weighted by molar-refractivity contribution is 0.111. The summed E-state index contributed by atoms with van der Waals surface area (Å²) in [5.74, 6) is 1.50. The topological polar surface area (TPSA) is 65.7 Å². The van der Waals surface area contributed by atoms with Crippen LogP contribution in [0.15, 0.2) is 41.8 Å². The lowest BCUT2D eigenvalue weighted by atomic mass is 10.3. The number of nitrogens with zero attached hydrogens (tertiary/aromatic N) is 3. The molecule has 4 rings (SSSR count). The summed E-state index contributed by atoms with van der Waals surface area (Å²) < 4.78 is 12.4. The maximum Gasteiger partial charge on any atom is 0.213 e. The first kappa shape index (κ1) is 15.8. The van der Waals surface area contributed by atoms with Crippen molar-refractivity contribution in [2.24, 2.45) is 0 Å². The van der Waals surface area contributed by atoms with Crippen molar-refractivity contribution in [1.29, 1.82) is 0 Å². The molecule has 3 heterocycles. The largest absolute Gasteiger partial charge is 0.497 e. The van der Waals surface area contributed by atoms with Crippen molar-refractivity contribution >= 4 is 33.9 Å². The second-order valence-electron chi connectivity index (χ2n) is 5.10. The highest BCUT2D eigenvalue weighted by atomic mass is 32.1. The predicted molar refractivity (Wildman–Crippen MR) is 96.9 cm³/mol. The molecule has 0 atom stereocenters. The number of fused-ring (bicyclic) bond motifs is 1. The third kappa shape index (κ3) is 3.01. The van der Waals surface area contributed by atoms with E-state index < -0.39 is 0 Å². The van der Waals surface area contributed by atoms with E-state index in [1.807, 2.05) is 41.8 Å². The molecule has 3 aromatic heterocycles. The van der Waals surface area contributed by atoms with Crippen molar-refractivity contribution in [2.75, 3.05) is 7.11 Å². The minimum atomic E-state index is 0.312. The van der Waals surface area contributed by atoms with Crippen LogP contribution < -0.4 is 9.47 Å². The molecule has 0 bridgehead atoms. The average molecular weight is 371 g/mol. The zero-order valence-corrected chi connectivity index (χ0v) is 14.8. The lowest BCUT2D eigenvalue weighted by Crippen LogP contribution is -1.98. The van der Waals surface area contributed by atoms with Crippen molar-refractivity contribution in [3.05, 3.63) is 52.5 Å². The highest BCUT2D eigenvalue weighted by Gasteiger charge is 2.18. The molecule has 1 aromatic carbocycles. The summed E-state index contributed by atoms with van der Waals surface area (Å²) in [5, 5.41) is 7.17. The minimum absolute atomic E-state index is 0.312. The number of hydrogen-bond donors (Lipinski definition) is 0. The fourth-order valence-electron chi connectivity index (χ4n) is 2.38. The molecule has 0 fully saturated rings. The van der Waals surface area contributed by atoms with Gasteiger partial charge in [0.1, 0.15) is 29.5 Å². The Morgan fingerprint density at radius 1 is 1.20 bits per heavy atom. The summed E-state index contributed by atoms with van der Waals surface area (Å²) in [5.41, 5.74) is 1.13. The number of benzene rings is 1. The average Bonchev–Trinajstić information content (AvgIpc) is 3.35. The number of thiophene rings is 1. The summed E-state index contributed by atoms with van der Waals surface area (Å²) in [6, 6.07) is 11.2. The maximum atomic E-state index is 11.5. The molecule has 0 spiro atoms. The molecule has 8 heteroatoms. The van der Waals surface area contributed by atoms with Crippen LogP contribution in [-0.4, -0.2) is 28.0 Å². The van der Waals surface area contributed by atoms with Crippen molar-refractivity contribution in [2.45, 2.75) is 6.61 Å². The first-order valence-corrected chi connectivity index (χ1v) is 9.12. The van der Waals surface area contributed by atoms with Crippen molar-refractivity contribution in [3.8, 4) is 22.1 Å². The molecule has 0 radical (unpaired) electrons. The van der Waals surface area contributed by atoms with E-state index in [0.717, 1.165) is 27.7 Å². The molecule has 0 saturated carbocycles. The molecule has 25 heavy (non-hydrogen) atoms. The van der Waals surface area contributed by atoms with Crippen LogP contribution in [0.2, 0.25) is 0 Å². The highest BCUT2D eigenvalue weighted by Crippen LogP contribution is 2.29. The second kappa shape index (κ2) is 6.66. The molecule has 0 aliphatic rings. The van der Waals surface area contributed by atoms with E-state index in [2.05, 4.69) is 10.1 Å². The third-order valence-corrected chi connectivity index (χ3v) is 5.33. The Balaban J connectivity index is 1.57. The summed E-state index contributed by atoms with van der Waals surface area (Å²) >= 11 is 2.95. The number of rotatable bonds is 6. The van der Waals surface area contributed by atoms with E-state index in [4.69, 9.17) is 9.47 Å². The SMILES string of the molecule is COc1ccc(OCc2nn3c(C=O)c(-c4cccs4)nc3s2)cc1. The van der Waals surface area contributed by atoms with Crippen LogP contribution in [0.1, 0.15) is 15.5 Å². The number of ether oxygens (including phenoxy) is 2. The second-order valence-corrected chi connectivity index (χ2v) is 7.08. The van der Waals surface area contributed by atoms with E-state index in [0.29, 0.717) is 23.0 Å². The fourth-order valence-corrected chi connectivity index (χ4v) is 3.92. The smallest absolute Gasteiger partial charge is 0.213 e. The van der Waals surface area contributed by atoms with Gasteiger partial charge in [-0.3, -0.25) is 4.79 Å². The van der Waals surface area contributed by atoms with Gasteiger partial charge in [-0.15, -0.1) is 11.3 Å². The van der Waals surface area contributed by atoms with Gasteiger partial charge in [-0.2, -0.15) is 9.61 Å². The van der Waals surface area contributed by atoms with Gasteiger partial charge in [-0.05, 0) is 35.7 Å². The molecule has 0 aliphatic carbocycles. The molecule has 0 aliphatic heterocycles. The molecule has 6 nitrogen and oxygen atoms in total. The van der Waals surface area contributed by atoms with E-state index >= 15 is 0 Å². The first-order valence-electron chi connectivity index (χ1n) is 7.43. The molecule has 0 unspecified atom stereocenters. The maximum absolute atomic E-state index is 11.5. The van der Waals surface area contributed by atoms with Gasteiger partial charge in [-0.1, -0.05) is 17.4 Å². The Bertz CT molecular complexity index is 1000. The Kier molecular flexibility index (Phi) is 4.21. The number of imidazole rings is 1. The minimum Gasteiger partial charge on any atom is -0.497 e. The number of carbonyl (C=O) groups is 1. The third-order valence-electron chi connectivity index (χ3n) is 3.57. The van der Waals surface area contributed by atoms with Gasteiger partial charge >= 0.3 is 0 Å². The summed E-state index contributed by atoms with van der Waals surface area (Å²) in [6.07, 6.45) is 0.795. The van der Waals surface area contributed by atoms with E-state index in [-0.39, 0.29) is 0 Å². The Hall–Kier alpha value is -2.71. The molecular weight excluding hydrogens is 358 g/mol. The number of hydrogen-bond acceptors (Lipinski definition) is 7. The van der Waals surface area contributed by atoms with Crippen LogP contribution in [0.4, 0.5) is 0 Å². The Morgan fingerprint density at radius 3 is 2.68 bits per heavy atom. The summed E-state index contributed by atoms with van der Waals surface area (Å²) in [4.78, 5) is 17.7. The highest BCUT2D eigenvalue weighted by molar-refractivity contribution is 7.16. The molecule has 0 saturated heterocycles. The van der Waals surface area contributed by atoms with Gasteiger partial charge in [0.05, 0.1) is 12.0 Å². The standard InChI is InChI=1S/C17H13N3O3S2/c1-22-11-4-6-12(7-5-11)23-10-15-19-20-13(9-21)16(18-17(20)25-15)14-3-2-8-24-14/h2-9H,10H2,1H3. The molecular formula is C17H13N3O3S2. The first-order chi connectivity index (χ1) is 12.3. The number of aromatic nitrogens is 3. The van der Waals surface area contributed by atoms with Gasteiger partial charge in [0.15, 0.2) is 11.3 Å². The van der Waals surface area contributed by atoms with Crippen LogP contribution in [-0.2, 0) is 6.61 Å².